The molecule has 1 fully saturated rings. The third-order valence-corrected chi connectivity index (χ3v) is 4.02. The maximum absolute atomic E-state index is 12.1. The van der Waals surface area contributed by atoms with Gasteiger partial charge in [-0.2, -0.15) is 0 Å². The number of benzene rings is 1. The first-order valence-electron chi connectivity index (χ1n) is 6.45. The smallest absolute Gasteiger partial charge is 0.276 e. The standard InChI is InChI=1S/C14H12Cl2N2O3/c15-11-2-1-9(7-12(11)16)21-10-3-5-18(8-10)14(19)13-4-6-20-17-13/h1-2,4,6-7,10H,3,5,8H2/t10-/m1/s1. The van der Waals surface area contributed by atoms with Crippen LogP contribution in [0.5, 0.6) is 5.75 Å². The molecule has 1 aliphatic heterocycles. The van der Waals surface area contributed by atoms with Crippen molar-refractivity contribution in [1.82, 2.24) is 10.1 Å². The molecule has 1 atom stereocenters. The molecule has 3 rings (SSSR count). The molecule has 0 aliphatic carbocycles. The second kappa shape index (κ2) is 5.95. The summed E-state index contributed by atoms with van der Waals surface area (Å²) in [5.41, 5.74) is 0.310. The predicted molar refractivity (Wildman–Crippen MR) is 77.9 cm³/mol. The lowest BCUT2D eigenvalue weighted by molar-refractivity contribution is 0.0762. The van der Waals surface area contributed by atoms with E-state index in [-0.39, 0.29) is 12.0 Å². The lowest BCUT2D eigenvalue weighted by Gasteiger charge is -2.16. The topological polar surface area (TPSA) is 55.6 Å². The molecule has 1 aromatic carbocycles. The van der Waals surface area contributed by atoms with Crippen LogP contribution in [0.3, 0.4) is 0 Å². The Morgan fingerprint density at radius 1 is 1.33 bits per heavy atom. The number of hydrogen-bond donors (Lipinski definition) is 0. The second-order valence-electron chi connectivity index (χ2n) is 4.74. The zero-order valence-corrected chi connectivity index (χ0v) is 12.5. The summed E-state index contributed by atoms with van der Waals surface area (Å²) in [6, 6.07) is 6.67. The average Bonchev–Trinajstić information content (AvgIpc) is 3.13. The highest BCUT2D eigenvalue weighted by Gasteiger charge is 2.29. The van der Waals surface area contributed by atoms with Gasteiger partial charge in [0.25, 0.3) is 5.91 Å². The van der Waals surface area contributed by atoms with Gasteiger partial charge in [-0.3, -0.25) is 4.79 Å². The van der Waals surface area contributed by atoms with Gasteiger partial charge < -0.3 is 14.2 Å². The van der Waals surface area contributed by atoms with Gasteiger partial charge in [0.1, 0.15) is 18.1 Å². The number of carbonyl (C=O) groups excluding carboxylic acids is 1. The molecule has 2 aromatic rings. The molecule has 0 spiro atoms. The molecule has 7 heteroatoms. The molecule has 110 valence electrons. The van der Waals surface area contributed by atoms with Gasteiger partial charge >= 0.3 is 0 Å². The minimum atomic E-state index is -0.149. The molecule has 0 unspecified atom stereocenters. The second-order valence-corrected chi connectivity index (χ2v) is 5.55. The Balaban J connectivity index is 1.62. The van der Waals surface area contributed by atoms with Crippen molar-refractivity contribution in [2.24, 2.45) is 0 Å². The number of amides is 1. The summed E-state index contributed by atoms with van der Waals surface area (Å²) in [4.78, 5) is 13.8. The number of ether oxygens (including phenoxy) is 1. The van der Waals surface area contributed by atoms with Crippen LogP contribution < -0.4 is 4.74 Å². The van der Waals surface area contributed by atoms with E-state index in [9.17, 15) is 4.79 Å². The van der Waals surface area contributed by atoms with Crippen LogP contribution in [0.4, 0.5) is 0 Å². The van der Waals surface area contributed by atoms with Gasteiger partial charge in [0, 0.05) is 25.1 Å². The van der Waals surface area contributed by atoms with Crippen molar-refractivity contribution >= 4 is 29.1 Å². The van der Waals surface area contributed by atoms with Gasteiger partial charge in [-0.05, 0) is 12.1 Å². The number of nitrogens with zero attached hydrogens (tertiary/aromatic N) is 2. The molecule has 0 saturated carbocycles. The van der Waals surface area contributed by atoms with Crippen LogP contribution in [0.2, 0.25) is 10.0 Å². The van der Waals surface area contributed by atoms with Gasteiger partial charge in [-0.1, -0.05) is 28.4 Å². The van der Waals surface area contributed by atoms with Gasteiger partial charge in [-0.15, -0.1) is 0 Å². The van der Waals surface area contributed by atoms with Gasteiger partial charge in [0.2, 0.25) is 0 Å². The van der Waals surface area contributed by atoms with Crippen molar-refractivity contribution in [3.05, 3.63) is 46.3 Å². The Hall–Kier alpha value is -1.72. The Labute approximate surface area is 131 Å². The molecular formula is C14H12Cl2N2O3. The molecule has 0 radical (unpaired) electrons. The van der Waals surface area contributed by atoms with Crippen molar-refractivity contribution in [3.63, 3.8) is 0 Å². The van der Waals surface area contributed by atoms with E-state index in [1.54, 1.807) is 29.2 Å². The van der Waals surface area contributed by atoms with E-state index in [1.165, 1.54) is 6.26 Å². The molecule has 2 heterocycles. The number of aromatic nitrogens is 1. The van der Waals surface area contributed by atoms with Crippen molar-refractivity contribution in [2.75, 3.05) is 13.1 Å². The molecule has 1 saturated heterocycles. The first kappa shape index (κ1) is 14.2. The molecule has 0 N–H and O–H groups in total. The number of hydrogen-bond acceptors (Lipinski definition) is 4. The zero-order valence-electron chi connectivity index (χ0n) is 11.0. The highest BCUT2D eigenvalue weighted by molar-refractivity contribution is 6.42. The Bertz CT molecular complexity index is 646. The van der Waals surface area contributed by atoms with E-state index in [0.717, 1.165) is 6.42 Å². The molecule has 5 nitrogen and oxygen atoms in total. The van der Waals surface area contributed by atoms with E-state index in [1.807, 2.05) is 0 Å². The van der Waals surface area contributed by atoms with Gasteiger partial charge in [0.15, 0.2) is 5.69 Å². The van der Waals surface area contributed by atoms with Crippen LogP contribution in [0.15, 0.2) is 35.1 Å². The molecule has 1 aromatic heterocycles. The quantitative estimate of drug-likeness (QED) is 0.868. The van der Waals surface area contributed by atoms with E-state index >= 15 is 0 Å². The zero-order chi connectivity index (χ0) is 14.8. The van der Waals surface area contributed by atoms with E-state index in [4.69, 9.17) is 27.9 Å². The van der Waals surface area contributed by atoms with Crippen LogP contribution in [0, 0.1) is 0 Å². The molecule has 1 aliphatic rings. The van der Waals surface area contributed by atoms with Crippen LogP contribution in [-0.2, 0) is 0 Å². The summed E-state index contributed by atoms with van der Waals surface area (Å²) in [6.07, 6.45) is 2.06. The van der Waals surface area contributed by atoms with E-state index < -0.39 is 0 Å². The molecule has 0 bridgehead atoms. The Morgan fingerprint density at radius 2 is 2.19 bits per heavy atom. The third kappa shape index (κ3) is 3.14. The predicted octanol–water partition coefficient (Wildman–Crippen LogP) is 3.27. The summed E-state index contributed by atoms with van der Waals surface area (Å²) < 4.78 is 10.5. The number of rotatable bonds is 3. The Morgan fingerprint density at radius 3 is 2.90 bits per heavy atom. The average molecular weight is 327 g/mol. The van der Waals surface area contributed by atoms with Crippen LogP contribution >= 0.6 is 23.2 Å². The lowest BCUT2D eigenvalue weighted by atomic mass is 10.3. The summed E-state index contributed by atoms with van der Waals surface area (Å²) >= 11 is 11.8. The molecule has 1 amide bonds. The first-order chi connectivity index (χ1) is 10.1. The fourth-order valence-corrected chi connectivity index (χ4v) is 2.52. The fraction of sp³-hybridized carbons (Fsp3) is 0.286. The lowest BCUT2D eigenvalue weighted by Crippen LogP contribution is -2.31. The van der Waals surface area contributed by atoms with Crippen LogP contribution in [-0.4, -0.2) is 35.2 Å². The van der Waals surface area contributed by atoms with Crippen molar-refractivity contribution < 1.29 is 14.1 Å². The van der Waals surface area contributed by atoms with Crippen LogP contribution in [0.1, 0.15) is 16.9 Å². The monoisotopic (exact) mass is 326 g/mol. The SMILES string of the molecule is O=C(c1ccon1)N1CC[C@@H](Oc2ccc(Cl)c(Cl)c2)C1. The normalized spacial score (nSPS) is 18.0. The first-order valence-corrected chi connectivity index (χ1v) is 7.20. The largest absolute Gasteiger partial charge is 0.488 e. The number of halogens is 2. The number of likely N-dealkylation sites (tertiary alicyclic amines) is 1. The minimum Gasteiger partial charge on any atom is -0.488 e. The van der Waals surface area contributed by atoms with Gasteiger partial charge in [0.05, 0.1) is 16.6 Å². The third-order valence-electron chi connectivity index (χ3n) is 3.28. The van der Waals surface area contributed by atoms with Crippen molar-refractivity contribution in [1.29, 1.82) is 0 Å². The van der Waals surface area contributed by atoms with Crippen molar-refractivity contribution in [2.45, 2.75) is 12.5 Å². The highest BCUT2D eigenvalue weighted by Crippen LogP contribution is 2.28. The van der Waals surface area contributed by atoms with E-state index in [0.29, 0.717) is 34.6 Å². The highest BCUT2D eigenvalue weighted by atomic mass is 35.5. The maximum Gasteiger partial charge on any atom is 0.276 e. The summed E-state index contributed by atoms with van der Waals surface area (Å²) in [7, 11) is 0. The van der Waals surface area contributed by atoms with Gasteiger partial charge in [-0.25, -0.2) is 0 Å². The summed E-state index contributed by atoms with van der Waals surface area (Å²) in [5, 5.41) is 4.58. The minimum absolute atomic E-state index is 0.0712. The van der Waals surface area contributed by atoms with E-state index in [2.05, 4.69) is 9.68 Å². The molecular weight excluding hydrogens is 315 g/mol. The maximum atomic E-state index is 12.1. The van der Waals surface area contributed by atoms with Crippen molar-refractivity contribution in [3.8, 4) is 5.75 Å². The summed E-state index contributed by atoms with van der Waals surface area (Å²) in [6.45, 7) is 1.13. The Kier molecular flexibility index (Phi) is 4.03. The summed E-state index contributed by atoms with van der Waals surface area (Å²) in [5.74, 6) is 0.495. The molecule has 21 heavy (non-hydrogen) atoms. The number of carbonyl (C=O) groups is 1. The fourth-order valence-electron chi connectivity index (χ4n) is 2.24. The van der Waals surface area contributed by atoms with Crippen LogP contribution in [0.25, 0.3) is 0 Å².